The van der Waals surface area contributed by atoms with E-state index in [1.807, 2.05) is 30.3 Å². The van der Waals surface area contributed by atoms with Crippen molar-refractivity contribution in [3.8, 4) is 0 Å². The van der Waals surface area contributed by atoms with E-state index in [0.29, 0.717) is 0 Å². The van der Waals surface area contributed by atoms with Gasteiger partial charge in [-0.2, -0.15) is 7.82 Å². The topological polar surface area (TPSA) is 86.2 Å². The van der Waals surface area contributed by atoms with Gasteiger partial charge < -0.3 is 19.2 Å². The van der Waals surface area contributed by atoms with Crippen LogP contribution in [-0.2, 0) is 20.3 Å². The molecule has 0 bridgehead atoms. The maximum atomic E-state index is 8.55. The molecule has 0 saturated carbocycles. The number of hydrogen-bond donors (Lipinski definition) is 0. The van der Waals surface area contributed by atoms with Crippen molar-refractivity contribution < 1.29 is 35.0 Å². The Morgan fingerprint density at radius 3 is 1.58 bits per heavy atom. The van der Waals surface area contributed by atoms with Crippen LogP contribution in [0.3, 0.4) is 0 Å². The molecule has 6 heteroatoms. The molecular weight excluding hydrogens is 226 g/mol. The fourth-order valence-electron chi connectivity index (χ4n) is 0.406. The summed E-state index contributed by atoms with van der Waals surface area (Å²) < 4.78 is 9.56. The molecular formula is C6H5CoO4P. The average Bonchev–Trinajstić information content (AvgIpc) is 1.85. The molecule has 12 heavy (non-hydrogen) atoms. The monoisotopic (exact) mass is 231 g/mol. The van der Waals surface area contributed by atoms with Crippen LogP contribution in [0.15, 0.2) is 30.3 Å². The van der Waals surface area contributed by atoms with E-state index in [9.17, 15) is 0 Å². The van der Waals surface area contributed by atoms with Gasteiger partial charge in [0.1, 0.15) is 0 Å². The van der Waals surface area contributed by atoms with Gasteiger partial charge in [0.2, 0.25) is 0 Å². The van der Waals surface area contributed by atoms with Gasteiger partial charge in [0.15, 0.2) is 0 Å². The Morgan fingerprint density at radius 2 is 1.42 bits per heavy atom. The summed E-state index contributed by atoms with van der Waals surface area (Å²) in [5.41, 5.74) is 0. The van der Waals surface area contributed by atoms with Crippen molar-refractivity contribution in [1.82, 2.24) is 0 Å². The minimum absolute atomic E-state index is 1.01. The van der Waals surface area contributed by atoms with Crippen LogP contribution in [0.1, 0.15) is 0 Å². The summed E-state index contributed by atoms with van der Waals surface area (Å²) in [5, 5.41) is 0. The molecule has 0 atom stereocenters. The summed E-state index contributed by atoms with van der Waals surface area (Å²) in [6, 6.07) is 9.78. The first-order valence-electron chi connectivity index (χ1n) is 2.81. The Labute approximate surface area is 78.1 Å². The second-order valence-electron chi connectivity index (χ2n) is 1.72. The summed E-state index contributed by atoms with van der Waals surface area (Å²) in [6.45, 7) is 0. The second-order valence-corrected chi connectivity index (χ2v) is 3.21. The zero-order chi connectivity index (χ0) is 9.61. The van der Waals surface area contributed by atoms with Gasteiger partial charge in [-0.1, -0.05) is 0 Å². The van der Waals surface area contributed by atoms with Gasteiger partial charge in [0, 0.05) is 0 Å². The molecule has 1 rings (SSSR count). The van der Waals surface area contributed by atoms with Crippen molar-refractivity contribution in [2.24, 2.45) is 0 Å². The third kappa shape index (κ3) is 12.5. The van der Waals surface area contributed by atoms with E-state index in [0.717, 1.165) is 4.50 Å². The number of hydrogen-bond acceptors (Lipinski definition) is 4. The van der Waals surface area contributed by atoms with Crippen LogP contribution >= 0.6 is 7.82 Å². The number of rotatable bonds is 0. The molecule has 1 aromatic carbocycles. The molecule has 0 radical (unpaired) electrons. The van der Waals surface area contributed by atoms with Crippen LogP contribution in [0.25, 0.3) is 0 Å². The quantitative estimate of drug-likeness (QED) is 0.485. The fourth-order valence-corrected chi connectivity index (χ4v) is 0.606. The van der Waals surface area contributed by atoms with Gasteiger partial charge in [-0.05, 0) is 0 Å². The van der Waals surface area contributed by atoms with E-state index in [1.54, 1.807) is 0 Å². The molecule has 0 aliphatic carbocycles. The summed E-state index contributed by atoms with van der Waals surface area (Å²) in [4.78, 5) is 25.6. The van der Waals surface area contributed by atoms with Crippen molar-refractivity contribution >= 4 is 12.3 Å². The van der Waals surface area contributed by atoms with Crippen molar-refractivity contribution in [2.75, 3.05) is 0 Å². The molecule has 67 valence electrons. The van der Waals surface area contributed by atoms with Crippen molar-refractivity contribution in [3.05, 3.63) is 30.3 Å². The van der Waals surface area contributed by atoms with Crippen molar-refractivity contribution in [2.45, 2.75) is 0 Å². The van der Waals surface area contributed by atoms with Crippen LogP contribution in [0.2, 0.25) is 0 Å². The Bertz CT molecular complexity index is 249. The summed E-state index contributed by atoms with van der Waals surface area (Å²) >= 11 is 4.13. The minimum atomic E-state index is -5.39. The normalized spacial score (nSPS) is 9.92. The van der Waals surface area contributed by atoms with E-state index in [2.05, 4.69) is 15.7 Å². The SMILES string of the molecule is O=P([O-])([O-])[O-].[Co+3][c]1ccccc1. The van der Waals surface area contributed by atoms with Crippen LogP contribution in [0.4, 0.5) is 0 Å². The molecule has 0 spiro atoms. The third-order valence-corrected chi connectivity index (χ3v) is 1.07. The second kappa shape index (κ2) is 5.48. The first-order chi connectivity index (χ1) is 5.39. The first kappa shape index (κ1) is 11.8. The van der Waals surface area contributed by atoms with Gasteiger partial charge in [-0.25, -0.2) is 0 Å². The fraction of sp³-hybridized carbons (Fsp3) is 0. The Morgan fingerprint density at radius 1 is 1.08 bits per heavy atom. The molecule has 0 aliphatic heterocycles. The zero-order valence-electron chi connectivity index (χ0n) is 5.80. The Balaban J connectivity index is 0.000000217. The predicted octanol–water partition coefficient (Wildman–Crippen LogP) is -1.97. The van der Waals surface area contributed by atoms with E-state index in [4.69, 9.17) is 19.2 Å². The van der Waals surface area contributed by atoms with E-state index < -0.39 is 7.82 Å². The predicted molar refractivity (Wildman–Crippen MR) is 33.7 cm³/mol. The van der Waals surface area contributed by atoms with Gasteiger partial charge in [-0.15, -0.1) is 0 Å². The summed E-state index contributed by atoms with van der Waals surface area (Å²) in [6.07, 6.45) is 0. The third-order valence-electron chi connectivity index (χ3n) is 0.718. The van der Waals surface area contributed by atoms with E-state index in [-0.39, 0.29) is 0 Å². The summed E-state index contributed by atoms with van der Waals surface area (Å²) in [5.74, 6) is 0. The van der Waals surface area contributed by atoms with Gasteiger partial charge >= 0.3 is 50.6 Å². The van der Waals surface area contributed by atoms with E-state index in [1.165, 1.54) is 0 Å². The molecule has 0 fully saturated rings. The Kier molecular flexibility index (Phi) is 5.40. The maximum absolute atomic E-state index is 8.55. The van der Waals surface area contributed by atoms with Gasteiger partial charge in [0.25, 0.3) is 0 Å². The number of phosphoric acid groups is 1. The molecule has 4 nitrogen and oxygen atoms in total. The van der Waals surface area contributed by atoms with Crippen LogP contribution < -0.4 is 19.2 Å². The summed E-state index contributed by atoms with van der Waals surface area (Å²) in [7, 11) is -5.39. The molecule has 0 aromatic heterocycles. The van der Waals surface area contributed by atoms with Gasteiger partial charge in [0.05, 0.1) is 0 Å². The molecule has 0 unspecified atom stereocenters. The van der Waals surface area contributed by atoms with Crippen LogP contribution in [0.5, 0.6) is 0 Å². The van der Waals surface area contributed by atoms with Crippen LogP contribution in [0, 0.1) is 0 Å². The molecule has 0 aliphatic rings. The molecule has 0 amide bonds. The molecule has 0 heterocycles. The molecule has 0 saturated heterocycles. The molecule has 1 aromatic rings. The Hall–Kier alpha value is -0.164. The number of benzene rings is 1. The average molecular weight is 231 g/mol. The van der Waals surface area contributed by atoms with Gasteiger partial charge in [-0.3, -0.25) is 0 Å². The van der Waals surface area contributed by atoms with Crippen molar-refractivity contribution in [1.29, 1.82) is 0 Å². The first-order valence-corrected chi connectivity index (χ1v) is 4.79. The van der Waals surface area contributed by atoms with Crippen molar-refractivity contribution in [3.63, 3.8) is 0 Å². The van der Waals surface area contributed by atoms with E-state index >= 15 is 0 Å². The zero-order valence-corrected chi connectivity index (χ0v) is 7.74. The van der Waals surface area contributed by atoms with Crippen LogP contribution in [-0.4, -0.2) is 0 Å². The standard InChI is InChI=1S/C6H5.Co.H3O4P/c1-2-4-6-5-3-1;;1-5(2,3)4/h1-5H;;(H3,1,2,3,4)/q;+3;/p-3. The molecule has 0 N–H and O–H groups in total.